The third-order valence-electron chi connectivity index (χ3n) is 5.86. The Balaban J connectivity index is 1.53. The molecule has 2 aromatic rings. The van der Waals surface area contributed by atoms with Gasteiger partial charge in [-0.3, -0.25) is 10.1 Å². The molecule has 3 heterocycles. The number of aromatic nitrogens is 2. The Kier molecular flexibility index (Phi) is 5.22. The van der Waals surface area contributed by atoms with E-state index in [0.29, 0.717) is 32.5 Å². The minimum Gasteiger partial charge on any atom is -0.356 e. The lowest BCUT2D eigenvalue weighted by molar-refractivity contribution is -0.127. The molecule has 1 spiro atoms. The number of hydrogen-bond acceptors (Lipinski definition) is 5. The largest absolute Gasteiger partial charge is 0.356 e. The van der Waals surface area contributed by atoms with Gasteiger partial charge in [0, 0.05) is 37.8 Å². The highest BCUT2D eigenvalue weighted by Gasteiger charge is 2.54. The summed E-state index contributed by atoms with van der Waals surface area (Å²) >= 11 is 0. The molecule has 0 atom stereocenters. The van der Waals surface area contributed by atoms with Gasteiger partial charge in [-0.15, -0.1) is 0 Å². The summed E-state index contributed by atoms with van der Waals surface area (Å²) in [5.74, 6) is 1.60. The van der Waals surface area contributed by atoms with E-state index in [0.717, 1.165) is 35.7 Å². The standard InChI is InChI=1S/C22H27N5O2/c1-3-7-18-23-16(2)14-19(24-18)26-12-10-22(11-13-26)20(28)25-21(29)27(22)15-17-8-5-4-6-9-17/h4-6,8-9,14H,3,7,10-13,15H2,1-2H3,(H,25,28,29). The molecule has 0 aliphatic carbocycles. The van der Waals surface area contributed by atoms with Gasteiger partial charge in [0.2, 0.25) is 0 Å². The summed E-state index contributed by atoms with van der Waals surface area (Å²) < 4.78 is 0. The van der Waals surface area contributed by atoms with Crippen LogP contribution in [0.15, 0.2) is 36.4 Å². The molecule has 1 aromatic heterocycles. The van der Waals surface area contributed by atoms with Crippen LogP contribution in [-0.4, -0.2) is 45.4 Å². The highest BCUT2D eigenvalue weighted by atomic mass is 16.2. The number of carbonyl (C=O) groups excluding carboxylic acids is 2. The molecule has 7 nitrogen and oxygen atoms in total. The van der Waals surface area contributed by atoms with Crippen LogP contribution in [0, 0.1) is 6.92 Å². The maximum absolute atomic E-state index is 12.8. The number of hydrogen-bond donors (Lipinski definition) is 1. The van der Waals surface area contributed by atoms with E-state index in [9.17, 15) is 9.59 Å². The number of aryl methyl sites for hydroxylation is 2. The Morgan fingerprint density at radius 2 is 1.83 bits per heavy atom. The lowest BCUT2D eigenvalue weighted by atomic mass is 9.85. The Morgan fingerprint density at radius 1 is 1.10 bits per heavy atom. The molecular formula is C22H27N5O2. The molecule has 2 fully saturated rings. The molecule has 2 aliphatic heterocycles. The van der Waals surface area contributed by atoms with E-state index in [4.69, 9.17) is 4.98 Å². The van der Waals surface area contributed by atoms with Crippen LogP contribution in [0.3, 0.4) is 0 Å². The average Bonchev–Trinajstić information content (AvgIpc) is 2.93. The molecule has 4 rings (SSSR count). The van der Waals surface area contributed by atoms with Crippen molar-refractivity contribution in [1.82, 2.24) is 20.2 Å². The van der Waals surface area contributed by atoms with Gasteiger partial charge in [-0.25, -0.2) is 14.8 Å². The average molecular weight is 393 g/mol. The van der Waals surface area contributed by atoms with Gasteiger partial charge in [-0.05, 0) is 31.7 Å². The normalized spacial score (nSPS) is 18.4. The summed E-state index contributed by atoms with van der Waals surface area (Å²) in [4.78, 5) is 38.5. The summed E-state index contributed by atoms with van der Waals surface area (Å²) in [6.07, 6.45) is 3.03. The highest BCUT2D eigenvalue weighted by Crippen LogP contribution is 2.35. The van der Waals surface area contributed by atoms with E-state index in [1.807, 2.05) is 43.3 Å². The van der Waals surface area contributed by atoms with E-state index >= 15 is 0 Å². The highest BCUT2D eigenvalue weighted by molar-refractivity contribution is 6.07. The molecule has 1 N–H and O–H groups in total. The molecular weight excluding hydrogens is 366 g/mol. The quantitative estimate of drug-likeness (QED) is 0.791. The van der Waals surface area contributed by atoms with Crippen molar-refractivity contribution < 1.29 is 9.59 Å². The Bertz CT molecular complexity index is 907. The van der Waals surface area contributed by atoms with Crippen LogP contribution in [0.1, 0.15) is 43.3 Å². The van der Waals surface area contributed by atoms with E-state index < -0.39 is 5.54 Å². The number of nitrogens with zero attached hydrogens (tertiary/aromatic N) is 4. The Morgan fingerprint density at radius 3 is 2.52 bits per heavy atom. The summed E-state index contributed by atoms with van der Waals surface area (Å²) in [6.45, 7) is 5.89. The van der Waals surface area contributed by atoms with Gasteiger partial charge in [-0.2, -0.15) is 0 Å². The molecule has 2 saturated heterocycles. The number of nitrogens with one attached hydrogen (secondary N) is 1. The molecule has 29 heavy (non-hydrogen) atoms. The van der Waals surface area contributed by atoms with Crippen LogP contribution in [0.5, 0.6) is 0 Å². The zero-order valence-electron chi connectivity index (χ0n) is 17.0. The van der Waals surface area contributed by atoms with Gasteiger partial charge in [0.15, 0.2) is 0 Å². The van der Waals surface area contributed by atoms with Crippen molar-refractivity contribution in [3.63, 3.8) is 0 Å². The number of amides is 3. The molecule has 7 heteroatoms. The van der Waals surface area contributed by atoms with E-state index in [-0.39, 0.29) is 11.9 Å². The number of benzene rings is 1. The second-order valence-electron chi connectivity index (χ2n) is 7.88. The van der Waals surface area contributed by atoms with Crippen LogP contribution in [-0.2, 0) is 17.8 Å². The third kappa shape index (κ3) is 3.69. The molecule has 152 valence electrons. The number of imide groups is 1. The van der Waals surface area contributed by atoms with Crippen LogP contribution < -0.4 is 10.2 Å². The fourth-order valence-corrected chi connectivity index (χ4v) is 4.30. The SMILES string of the molecule is CCCc1nc(C)cc(N2CCC3(CC2)C(=O)NC(=O)N3Cc2ccccc2)n1. The van der Waals surface area contributed by atoms with Crippen LogP contribution >= 0.6 is 0 Å². The fraction of sp³-hybridized carbons (Fsp3) is 0.455. The minimum absolute atomic E-state index is 0.177. The van der Waals surface area contributed by atoms with Gasteiger partial charge in [0.05, 0.1) is 0 Å². The summed E-state index contributed by atoms with van der Waals surface area (Å²) in [6, 6.07) is 11.5. The zero-order valence-corrected chi connectivity index (χ0v) is 17.0. The first-order valence-electron chi connectivity index (χ1n) is 10.3. The minimum atomic E-state index is -0.780. The number of anilines is 1. The maximum Gasteiger partial charge on any atom is 0.325 e. The van der Waals surface area contributed by atoms with Crippen molar-refractivity contribution in [2.45, 2.75) is 51.6 Å². The lowest BCUT2D eigenvalue weighted by Gasteiger charge is -2.42. The van der Waals surface area contributed by atoms with Crippen LogP contribution in [0.4, 0.5) is 10.6 Å². The maximum atomic E-state index is 12.8. The molecule has 0 saturated carbocycles. The lowest BCUT2D eigenvalue weighted by Crippen LogP contribution is -2.56. The fourth-order valence-electron chi connectivity index (χ4n) is 4.30. The van der Waals surface area contributed by atoms with Crippen molar-refractivity contribution in [1.29, 1.82) is 0 Å². The van der Waals surface area contributed by atoms with Crippen molar-refractivity contribution in [2.24, 2.45) is 0 Å². The van der Waals surface area contributed by atoms with Crippen molar-refractivity contribution in [2.75, 3.05) is 18.0 Å². The first-order chi connectivity index (χ1) is 14.0. The van der Waals surface area contributed by atoms with Crippen molar-refractivity contribution in [3.05, 3.63) is 53.5 Å². The van der Waals surface area contributed by atoms with Gasteiger partial charge in [-0.1, -0.05) is 37.3 Å². The Hall–Kier alpha value is -2.96. The topological polar surface area (TPSA) is 78.4 Å². The molecule has 0 unspecified atom stereocenters. The smallest absolute Gasteiger partial charge is 0.325 e. The number of piperidine rings is 1. The van der Waals surface area contributed by atoms with Gasteiger partial charge >= 0.3 is 6.03 Å². The monoisotopic (exact) mass is 393 g/mol. The second-order valence-corrected chi connectivity index (χ2v) is 7.88. The zero-order chi connectivity index (χ0) is 20.4. The van der Waals surface area contributed by atoms with E-state index in [1.54, 1.807) is 4.90 Å². The van der Waals surface area contributed by atoms with Gasteiger partial charge in [0.1, 0.15) is 17.2 Å². The Labute approximate surface area is 171 Å². The molecule has 0 bridgehead atoms. The molecule has 2 aliphatic rings. The van der Waals surface area contributed by atoms with Crippen LogP contribution in [0.25, 0.3) is 0 Å². The van der Waals surface area contributed by atoms with Gasteiger partial charge < -0.3 is 9.80 Å². The van der Waals surface area contributed by atoms with Crippen molar-refractivity contribution >= 4 is 17.8 Å². The second kappa shape index (κ2) is 7.81. The predicted molar refractivity (Wildman–Crippen MR) is 110 cm³/mol. The summed E-state index contributed by atoms with van der Waals surface area (Å²) in [5, 5.41) is 2.54. The van der Waals surface area contributed by atoms with E-state index in [2.05, 4.69) is 22.1 Å². The van der Waals surface area contributed by atoms with Gasteiger partial charge in [0.25, 0.3) is 5.91 Å². The number of urea groups is 1. The predicted octanol–water partition coefficient (Wildman–Crippen LogP) is 2.83. The number of carbonyl (C=O) groups is 2. The van der Waals surface area contributed by atoms with E-state index in [1.165, 1.54) is 0 Å². The molecule has 0 radical (unpaired) electrons. The third-order valence-corrected chi connectivity index (χ3v) is 5.86. The summed E-state index contributed by atoms with van der Waals surface area (Å²) in [7, 11) is 0. The number of rotatable bonds is 5. The summed E-state index contributed by atoms with van der Waals surface area (Å²) in [5.41, 5.74) is 1.20. The molecule has 3 amide bonds. The van der Waals surface area contributed by atoms with Crippen LogP contribution in [0.2, 0.25) is 0 Å². The van der Waals surface area contributed by atoms with Crippen molar-refractivity contribution in [3.8, 4) is 0 Å². The first-order valence-corrected chi connectivity index (χ1v) is 10.3. The molecule has 1 aromatic carbocycles. The first kappa shape index (κ1) is 19.4.